The van der Waals surface area contributed by atoms with Crippen LogP contribution in [-0.2, 0) is 4.74 Å². The molecule has 0 saturated heterocycles. The monoisotopic (exact) mass is 420 g/mol. The lowest BCUT2D eigenvalue weighted by Gasteiger charge is -2.19. The Kier molecular flexibility index (Phi) is 9.92. The number of ether oxygens (including phenoxy) is 2. The first kappa shape index (κ1) is 24.3. The molecule has 0 aliphatic rings. The van der Waals surface area contributed by atoms with Crippen LogP contribution >= 0.6 is 0 Å². The Labute approximate surface area is 187 Å². The van der Waals surface area contributed by atoms with Gasteiger partial charge in [0.1, 0.15) is 11.6 Å². The highest BCUT2D eigenvalue weighted by Gasteiger charge is 2.14. The fraction of sp³-hybridized carbons (Fsp3) is 0.333. The Morgan fingerprint density at radius 3 is 2.13 bits per heavy atom. The number of hydrogen-bond acceptors (Lipinski definition) is 4. The Bertz CT molecular complexity index is 907. The van der Waals surface area contributed by atoms with Gasteiger partial charge in [-0.05, 0) is 67.2 Å². The summed E-state index contributed by atoms with van der Waals surface area (Å²) < 4.78 is 10.7. The number of hydrogen-bond donors (Lipinski definition) is 2. The van der Waals surface area contributed by atoms with Gasteiger partial charge in [-0.2, -0.15) is 0 Å². The number of allylic oxidation sites excluding steroid dienone is 5. The molecule has 0 radical (unpaired) electrons. The number of nitrogens with two attached hydrogens (primary N) is 1. The van der Waals surface area contributed by atoms with Crippen LogP contribution in [-0.4, -0.2) is 26.9 Å². The minimum Gasteiger partial charge on any atom is -0.497 e. The zero-order chi connectivity index (χ0) is 22.6. The zero-order valence-electron chi connectivity index (χ0n) is 19.5. The molecule has 4 heteroatoms. The summed E-state index contributed by atoms with van der Waals surface area (Å²) in [7, 11) is 1.68. The van der Waals surface area contributed by atoms with E-state index in [9.17, 15) is 0 Å². The van der Waals surface area contributed by atoms with Crippen LogP contribution in [0.5, 0.6) is 5.75 Å². The van der Waals surface area contributed by atoms with Crippen LogP contribution in [0, 0.1) is 0 Å². The highest BCUT2D eigenvalue weighted by Crippen LogP contribution is 2.32. The van der Waals surface area contributed by atoms with Crippen LogP contribution in [0.25, 0.3) is 16.7 Å². The van der Waals surface area contributed by atoms with Gasteiger partial charge in [0, 0.05) is 18.7 Å². The highest BCUT2D eigenvalue weighted by molar-refractivity contribution is 5.85. The van der Waals surface area contributed by atoms with Gasteiger partial charge in [-0.1, -0.05) is 55.5 Å². The van der Waals surface area contributed by atoms with Crippen molar-refractivity contribution >= 4 is 5.57 Å². The van der Waals surface area contributed by atoms with E-state index in [0.717, 1.165) is 40.0 Å². The zero-order valence-corrected chi connectivity index (χ0v) is 19.5. The normalized spacial score (nSPS) is 13.1. The molecule has 166 valence electrons. The van der Waals surface area contributed by atoms with Crippen LogP contribution in [0.1, 0.15) is 39.7 Å². The van der Waals surface area contributed by atoms with E-state index in [1.165, 1.54) is 5.56 Å². The van der Waals surface area contributed by atoms with E-state index in [4.69, 9.17) is 15.2 Å². The van der Waals surface area contributed by atoms with Gasteiger partial charge in [-0.15, -0.1) is 0 Å². The van der Waals surface area contributed by atoms with E-state index in [-0.39, 0.29) is 0 Å². The third-order valence-electron chi connectivity index (χ3n) is 5.16. The van der Waals surface area contributed by atoms with Crippen molar-refractivity contribution in [2.75, 3.05) is 26.9 Å². The van der Waals surface area contributed by atoms with Crippen LogP contribution in [0.2, 0.25) is 0 Å². The number of benzene rings is 2. The topological polar surface area (TPSA) is 56.5 Å². The smallest absolute Gasteiger partial charge is 0.118 e. The first-order valence-electron chi connectivity index (χ1n) is 11.0. The van der Waals surface area contributed by atoms with E-state index >= 15 is 0 Å². The predicted molar refractivity (Wildman–Crippen MR) is 132 cm³/mol. The molecular formula is C27H36N2O2. The van der Waals surface area contributed by atoms with Gasteiger partial charge in [0.25, 0.3) is 0 Å². The van der Waals surface area contributed by atoms with E-state index in [1.54, 1.807) is 7.11 Å². The summed E-state index contributed by atoms with van der Waals surface area (Å²) in [5.74, 6) is 1.53. The summed E-state index contributed by atoms with van der Waals surface area (Å²) in [6.45, 7) is 10.3. The molecule has 0 aliphatic heterocycles. The van der Waals surface area contributed by atoms with Gasteiger partial charge in [0.15, 0.2) is 0 Å². The molecule has 0 fully saturated rings. The van der Waals surface area contributed by atoms with E-state index < -0.39 is 0 Å². The summed E-state index contributed by atoms with van der Waals surface area (Å²) in [5.41, 5.74) is 13.3. The molecule has 0 aliphatic carbocycles. The Hall–Kier alpha value is -2.98. The molecule has 2 rings (SSSR count). The average Bonchev–Trinajstić information content (AvgIpc) is 2.81. The molecule has 2 aromatic rings. The predicted octanol–water partition coefficient (Wildman–Crippen LogP) is 5.92. The molecule has 2 aromatic carbocycles. The van der Waals surface area contributed by atoms with Crippen LogP contribution in [0.4, 0.5) is 0 Å². The molecule has 0 amide bonds. The van der Waals surface area contributed by atoms with Crippen LogP contribution in [0.15, 0.2) is 77.7 Å². The molecule has 3 N–H and O–H groups in total. The van der Waals surface area contributed by atoms with Crippen LogP contribution in [0.3, 0.4) is 0 Å². The maximum absolute atomic E-state index is 6.51. The molecule has 31 heavy (non-hydrogen) atoms. The highest BCUT2D eigenvalue weighted by atomic mass is 16.5. The van der Waals surface area contributed by atoms with Crippen molar-refractivity contribution in [3.8, 4) is 16.9 Å². The van der Waals surface area contributed by atoms with Gasteiger partial charge < -0.3 is 20.5 Å². The molecule has 4 nitrogen and oxygen atoms in total. The maximum Gasteiger partial charge on any atom is 0.118 e. The minimum absolute atomic E-state index is 0.628. The van der Waals surface area contributed by atoms with Gasteiger partial charge in [0.2, 0.25) is 0 Å². The second kappa shape index (κ2) is 12.7. The van der Waals surface area contributed by atoms with Crippen molar-refractivity contribution in [2.45, 2.75) is 34.1 Å². The second-order valence-electron chi connectivity index (χ2n) is 7.22. The number of nitrogens with one attached hydrogen (secondary N) is 1. The van der Waals surface area contributed by atoms with Gasteiger partial charge in [0.05, 0.1) is 13.7 Å². The summed E-state index contributed by atoms with van der Waals surface area (Å²) in [6.07, 6.45) is 5.26. The summed E-state index contributed by atoms with van der Waals surface area (Å²) in [5, 5.41) is 3.33. The van der Waals surface area contributed by atoms with Crippen molar-refractivity contribution < 1.29 is 9.47 Å². The first-order valence-corrected chi connectivity index (χ1v) is 11.0. The molecule has 0 saturated carbocycles. The van der Waals surface area contributed by atoms with E-state index in [2.05, 4.69) is 67.7 Å². The van der Waals surface area contributed by atoms with Crippen molar-refractivity contribution in [3.63, 3.8) is 0 Å². The molecule has 0 heterocycles. The summed E-state index contributed by atoms with van der Waals surface area (Å²) >= 11 is 0. The first-order chi connectivity index (χ1) is 15.0. The third kappa shape index (κ3) is 6.76. The lowest BCUT2D eigenvalue weighted by molar-refractivity contribution is 0.151. The molecule has 0 spiro atoms. The Morgan fingerprint density at radius 2 is 1.61 bits per heavy atom. The van der Waals surface area contributed by atoms with Crippen LogP contribution < -0.4 is 15.8 Å². The fourth-order valence-corrected chi connectivity index (χ4v) is 3.40. The van der Waals surface area contributed by atoms with Gasteiger partial charge in [-0.3, -0.25) is 0 Å². The van der Waals surface area contributed by atoms with Gasteiger partial charge >= 0.3 is 0 Å². The van der Waals surface area contributed by atoms with E-state index in [0.29, 0.717) is 25.6 Å². The third-order valence-corrected chi connectivity index (χ3v) is 5.16. The van der Waals surface area contributed by atoms with Crippen molar-refractivity contribution in [2.24, 2.45) is 5.73 Å². The van der Waals surface area contributed by atoms with Crippen molar-refractivity contribution in [1.82, 2.24) is 5.32 Å². The van der Waals surface area contributed by atoms with Crippen molar-refractivity contribution in [1.29, 1.82) is 0 Å². The number of rotatable bonds is 11. The summed E-state index contributed by atoms with van der Waals surface area (Å²) in [4.78, 5) is 0. The fourth-order valence-electron chi connectivity index (χ4n) is 3.40. The maximum atomic E-state index is 6.51. The van der Waals surface area contributed by atoms with E-state index in [1.807, 2.05) is 26.0 Å². The molecule has 0 aromatic heterocycles. The lowest BCUT2D eigenvalue weighted by atomic mass is 9.90. The minimum atomic E-state index is 0.628. The molecule has 0 unspecified atom stereocenters. The molecule has 0 atom stereocenters. The largest absolute Gasteiger partial charge is 0.497 e. The van der Waals surface area contributed by atoms with Crippen molar-refractivity contribution in [3.05, 3.63) is 83.2 Å². The second-order valence-corrected chi connectivity index (χ2v) is 7.22. The average molecular weight is 421 g/mol. The standard InChI is InChI=1S/C27H36N2O2/c1-6-9-25(26(20(4)7-2)27(28)29-18-19-31-8-3)23-12-10-21(11-13-23)22-14-16-24(30-5)17-15-22/h7,9-17,29H,6,8,18-19,28H2,1-5H3/b20-7+,25-9-,27-26-. The molecule has 0 bridgehead atoms. The summed E-state index contributed by atoms with van der Waals surface area (Å²) in [6, 6.07) is 16.8. The van der Waals surface area contributed by atoms with Gasteiger partial charge in [-0.25, -0.2) is 0 Å². The quantitative estimate of drug-likeness (QED) is 0.350. The lowest BCUT2D eigenvalue weighted by Crippen LogP contribution is -2.26. The molecular weight excluding hydrogens is 384 g/mol. The Morgan fingerprint density at radius 1 is 1.00 bits per heavy atom. The number of methoxy groups -OCH3 is 1. The Balaban J connectivity index is 2.37. The SMILES string of the molecule is C/C=C(C)/C(C(=C\CC)/c1ccc(-c2ccc(OC)cc2)cc1)=C(\N)NCCOCC.